The fraction of sp³-hybridized carbons (Fsp3) is 0.188. The van der Waals surface area contributed by atoms with Crippen LogP contribution in [0.3, 0.4) is 0 Å². The van der Waals surface area contributed by atoms with E-state index < -0.39 is 26.0 Å². The van der Waals surface area contributed by atoms with Crippen LogP contribution in [-0.4, -0.2) is 40.7 Å². The molecule has 10 heteroatoms. The summed E-state index contributed by atoms with van der Waals surface area (Å²) < 4.78 is 52.1. The van der Waals surface area contributed by atoms with Gasteiger partial charge in [-0.3, -0.25) is 9.03 Å². The van der Waals surface area contributed by atoms with Crippen LogP contribution in [-0.2, 0) is 26.5 Å². The van der Waals surface area contributed by atoms with Crippen molar-refractivity contribution >= 4 is 37.4 Å². The number of nitrogens with one attached hydrogen (secondary N) is 1. The minimum atomic E-state index is -3.97. The molecule has 0 aromatic heterocycles. The van der Waals surface area contributed by atoms with E-state index in [0.717, 1.165) is 17.9 Å². The number of carboxylic acids is 1. The largest absolute Gasteiger partial charge is 0.478 e. The van der Waals surface area contributed by atoms with Gasteiger partial charge in [0.1, 0.15) is 0 Å². The lowest BCUT2D eigenvalue weighted by atomic mass is 10.1. The lowest BCUT2D eigenvalue weighted by molar-refractivity contribution is 0.0696. The van der Waals surface area contributed by atoms with Crippen molar-refractivity contribution in [1.29, 1.82) is 0 Å². The molecule has 0 radical (unpaired) electrons. The molecule has 1 aliphatic heterocycles. The predicted molar refractivity (Wildman–Crippen MR) is 96.5 cm³/mol. The molecule has 0 fully saturated rings. The molecule has 0 spiro atoms. The number of carboxylic acid groups (broad SMARTS) is 1. The van der Waals surface area contributed by atoms with Gasteiger partial charge in [0.2, 0.25) is 10.0 Å². The van der Waals surface area contributed by atoms with Gasteiger partial charge in [-0.25, -0.2) is 21.6 Å². The summed E-state index contributed by atoms with van der Waals surface area (Å²) in [6, 6.07) is 9.63. The first-order chi connectivity index (χ1) is 12.1. The molecule has 0 amide bonds. The second-order valence-corrected chi connectivity index (χ2v) is 9.46. The Morgan fingerprint density at radius 2 is 1.85 bits per heavy atom. The van der Waals surface area contributed by atoms with Gasteiger partial charge in [0, 0.05) is 12.2 Å². The molecular formula is C16H16N2O6S2. The van der Waals surface area contributed by atoms with Crippen LogP contribution < -0.4 is 9.03 Å². The lowest BCUT2D eigenvalue weighted by Gasteiger charge is -2.16. The Morgan fingerprint density at radius 3 is 2.50 bits per heavy atom. The maximum Gasteiger partial charge on any atom is 0.335 e. The molecule has 138 valence electrons. The third-order valence-corrected chi connectivity index (χ3v) is 6.54. The molecule has 3 rings (SSSR count). The van der Waals surface area contributed by atoms with E-state index in [1.54, 1.807) is 12.1 Å². The third kappa shape index (κ3) is 3.51. The van der Waals surface area contributed by atoms with Gasteiger partial charge in [0.25, 0.3) is 10.0 Å². The number of hydrogen-bond donors (Lipinski definition) is 2. The van der Waals surface area contributed by atoms with Crippen LogP contribution in [0, 0.1) is 0 Å². The van der Waals surface area contributed by atoms with Crippen molar-refractivity contribution in [1.82, 2.24) is 0 Å². The molecule has 2 aromatic carbocycles. The van der Waals surface area contributed by atoms with E-state index in [9.17, 15) is 21.6 Å². The predicted octanol–water partition coefficient (Wildman–Crippen LogP) is 1.51. The molecule has 0 atom stereocenters. The number of nitrogens with zero attached hydrogens (tertiary/aromatic N) is 1. The average Bonchev–Trinajstić information content (AvgIpc) is 2.98. The van der Waals surface area contributed by atoms with Gasteiger partial charge < -0.3 is 5.11 Å². The molecular weight excluding hydrogens is 380 g/mol. The zero-order chi connectivity index (χ0) is 19.1. The number of anilines is 2. The van der Waals surface area contributed by atoms with Crippen LogP contribution in [0.2, 0.25) is 0 Å². The Kier molecular flexibility index (Phi) is 4.41. The molecule has 0 aliphatic carbocycles. The van der Waals surface area contributed by atoms with E-state index in [0.29, 0.717) is 18.7 Å². The zero-order valence-electron chi connectivity index (χ0n) is 13.7. The van der Waals surface area contributed by atoms with E-state index in [2.05, 4.69) is 4.72 Å². The number of aromatic carboxylic acids is 1. The fourth-order valence-corrected chi connectivity index (χ4v) is 4.84. The summed E-state index contributed by atoms with van der Waals surface area (Å²) in [7, 11) is -7.35. The summed E-state index contributed by atoms with van der Waals surface area (Å²) in [6.45, 7) is 0.311. The summed E-state index contributed by atoms with van der Waals surface area (Å²) in [5.74, 6) is -1.22. The Hall–Kier alpha value is -2.59. The van der Waals surface area contributed by atoms with Crippen LogP contribution in [0.25, 0.3) is 0 Å². The Morgan fingerprint density at radius 1 is 1.12 bits per heavy atom. The summed E-state index contributed by atoms with van der Waals surface area (Å²) in [5, 5.41) is 8.99. The minimum absolute atomic E-state index is 0.134. The Balaban J connectivity index is 1.90. The molecule has 8 nitrogen and oxygen atoms in total. The topological polar surface area (TPSA) is 121 Å². The molecule has 2 N–H and O–H groups in total. The van der Waals surface area contributed by atoms with E-state index in [1.165, 1.54) is 28.6 Å². The SMILES string of the molecule is CS(=O)(=O)N1CCc2cc(NS(=O)(=O)c3cccc(C(=O)O)c3)ccc21. The fourth-order valence-electron chi connectivity index (χ4n) is 2.79. The molecule has 2 aromatic rings. The van der Waals surface area contributed by atoms with Crippen LogP contribution in [0.15, 0.2) is 47.4 Å². The summed E-state index contributed by atoms with van der Waals surface area (Å²) in [5.41, 5.74) is 1.39. The van der Waals surface area contributed by atoms with Crippen LogP contribution in [0.1, 0.15) is 15.9 Å². The van der Waals surface area contributed by atoms with Crippen LogP contribution >= 0.6 is 0 Å². The number of benzene rings is 2. The maximum atomic E-state index is 12.5. The molecule has 0 saturated heterocycles. The monoisotopic (exact) mass is 396 g/mol. The number of rotatable bonds is 5. The summed E-state index contributed by atoms with van der Waals surface area (Å²) in [6.07, 6.45) is 1.60. The van der Waals surface area contributed by atoms with Crippen molar-refractivity contribution < 1.29 is 26.7 Å². The van der Waals surface area contributed by atoms with Gasteiger partial charge in [0.15, 0.2) is 0 Å². The van der Waals surface area contributed by atoms with Gasteiger partial charge in [-0.1, -0.05) is 6.07 Å². The molecule has 0 unspecified atom stereocenters. The maximum absolute atomic E-state index is 12.5. The van der Waals surface area contributed by atoms with Gasteiger partial charge in [-0.15, -0.1) is 0 Å². The van der Waals surface area contributed by atoms with Gasteiger partial charge in [-0.2, -0.15) is 0 Å². The highest BCUT2D eigenvalue weighted by atomic mass is 32.2. The van der Waals surface area contributed by atoms with Gasteiger partial charge in [0.05, 0.1) is 22.4 Å². The standard InChI is InChI=1S/C16H16N2O6S2/c1-25(21,22)18-8-7-11-9-13(5-6-15(11)18)17-26(23,24)14-4-2-3-12(10-14)16(19)20/h2-6,9-10,17H,7-8H2,1H3,(H,19,20). The molecule has 1 aliphatic rings. The third-order valence-electron chi connectivity index (χ3n) is 3.98. The first-order valence-corrected chi connectivity index (χ1v) is 10.9. The van der Waals surface area contributed by atoms with Crippen molar-refractivity contribution in [2.75, 3.05) is 21.8 Å². The average molecular weight is 396 g/mol. The number of fused-ring (bicyclic) bond motifs is 1. The Bertz CT molecular complexity index is 1090. The first kappa shape index (κ1) is 18.2. The first-order valence-electron chi connectivity index (χ1n) is 7.55. The van der Waals surface area contributed by atoms with E-state index >= 15 is 0 Å². The van der Waals surface area contributed by atoms with Crippen LogP contribution in [0.5, 0.6) is 0 Å². The van der Waals surface area contributed by atoms with E-state index in [4.69, 9.17) is 5.11 Å². The number of hydrogen-bond acceptors (Lipinski definition) is 5. The van der Waals surface area contributed by atoms with Crippen molar-refractivity contribution in [2.24, 2.45) is 0 Å². The normalized spacial score (nSPS) is 14.1. The second-order valence-electron chi connectivity index (χ2n) is 5.87. The number of carbonyl (C=O) groups is 1. The molecule has 0 saturated carbocycles. The van der Waals surface area contributed by atoms with Crippen LogP contribution in [0.4, 0.5) is 11.4 Å². The summed E-state index contributed by atoms with van der Waals surface area (Å²) in [4.78, 5) is 10.8. The smallest absolute Gasteiger partial charge is 0.335 e. The van der Waals surface area contributed by atoms with Crippen molar-refractivity contribution in [3.05, 3.63) is 53.6 Å². The van der Waals surface area contributed by atoms with Gasteiger partial charge in [-0.05, 0) is 48.4 Å². The number of sulfonamides is 2. The lowest BCUT2D eigenvalue weighted by Crippen LogP contribution is -2.27. The highest BCUT2D eigenvalue weighted by Gasteiger charge is 2.26. The minimum Gasteiger partial charge on any atom is -0.478 e. The molecule has 1 heterocycles. The van der Waals surface area contributed by atoms with E-state index in [-0.39, 0.29) is 16.1 Å². The van der Waals surface area contributed by atoms with Crippen molar-refractivity contribution in [3.8, 4) is 0 Å². The Labute approximate surface area is 151 Å². The molecule has 26 heavy (non-hydrogen) atoms. The zero-order valence-corrected chi connectivity index (χ0v) is 15.3. The van der Waals surface area contributed by atoms with Crippen molar-refractivity contribution in [3.63, 3.8) is 0 Å². The summed E-state index contributed by atoms with van der Waals surface area (Å²) >= 11 is 0. The highest BCUT2D eigenvalue weighted by molar-refractivity contribution is 7.92. The van der Waals surface area contributed by atoms with E-state index in [1.807, 2.05) is 0 Å². The highest BCUT2D eigenvalue weighted by Crippen LogP contribution is 2.32. The quantitative estimate of drug-likeness (QED) is 0.790. The van der Waals surface area contributed by atoms with Crippen molar-refractivity contribution in [2.45, 2.75) is 11.3 Å². The second kappa shape index (κ2) is 6.29. The molecule has 0 bridgehead atoms. The van der Waals surface area contributed by atoms with Gasteiger partial charge >= 0.3 is 5.97 Å².